The van der Waals surface area contributed by atoms with Crippen LogP contribution in [0.1, 0.15) is 112 Å². The van der Waals surface area contributed by atoms with Gasteiger partial charge in [-0.3, -0.25) is 9.59 Å². The van der Waals surface area contributed by atoms with Crippen molar-refractivity contribution in [1.82, 2.24) is 14.7 Å². The molecule has 0 spiro atoms. The number of benzene rings is 4. The summed E-state index contributed by atoms with van der Waals surface area (Å²) in [5.74, 6) is 3.31. The second-order valence-corrected chi connectivity index (χ2v) is 21.9. The van der Waals surface area contributed by atoms with Crippen LogP contribution in [0.3, 0.4) is 0 Å². The van der Waals surface area contributed by atoms with E-state index in [4.69, 9.17) is 24.7 Å². The van der Waals surface area contributed by atoms with Crippen LogP contribution in [0.25, 0.3) is 21.8 Å². The van der Waals surface area contributed by atoms with Gasteiger partial charge in [0.25, 0.3) is 0 Å². The number of hydrogen-bond acceptors (Lipinski definition) is 9. The highest BCUT2D eigenvalue weighted by atomic mass is 32.2. The van der Waals surface area contributed by atoms with Gasteiger partial charge in [0.05, 0.1) is 28.1 Å². The van der Waals surface area contributed by atoms with Gasteiger partial charge in [0.15, 0.2) is 23.0 Å². The summed E-state index contributed by atoms with van der Waals surface area (Å²) in [6, 6.07) is 24.1. The van der Waals surface area contributed by atoms with E-state index in [0.717, 1.165) is 104 Å². The quantitative estimate of drug-likeness (QED) is 0.0939. The molecule has 0 amide bonds. The summed E-state index contributed by atoms with van der Waals surface area (Å²) >= 11 is 0. The highest BCUT2D eigenvalue weighted by Gasteiger charge is 2.52. The summed E-state index contributed by atoms with van der Waals surface area (Å²) in [6.07, 6.45) is 5.24. The SMILES string of the molecule is CC(C)(C)c1cc2cc(CC(=O)C3(c4ccc5c(c4)OCO5)CC3)cc(CN)c2[nH]1.CC(C)(C)c1cc2cc(CC(=O)C3(c4ccc5c(c4)OCO5)CC3)cc(CNS(C)(=O)=O)c2[nH]1. The summed E-state index contributed by atoms with van der Waals surface area (Å²) < 4.78 is 47.9. The number of ether oxygens (including phenoxy) is 4. The van der Waals surface area contributed by atoms with Crippen molar-refractivity contribution in [3.05, 3.63) is 118 Å². The smallest absolute Gasteiger partial charge is 0.231 e. The van der Waals surface area contributed by atoms with Gasteiger partial charge in [0, 0.05) is 58.9 Å². The molecule has 0 bridgehead atoms. The van der Waals surface area contributed by atoms with Crippen LogP contribution in [0.15, 0.2) is 72.8 Å². The van der Waals surface area contributed by atoms with E-state index < -0.39 is 20.9 Å². The lowest BCUT2D eigenvalue weighted by molar-refractivity contribution is -0.121. The maximum atomic E-state index is 13.5. The van der Waals surface area contributed by atoms with Gasteiger partial charge in [-0.15, -0.1) is 0 Å². The van der Waals surface area contributed by atoms with E-state index in [9.17, 15) is 18.0 Å². The van der Waals surface area contributed by atoms with Crippen molar-refractivity contribution in [2.24, 2.45) is 5.73 Å². The first-order valence-electron chi connectivity index (χ1n) is 22.1. The molecule has 0 saturated heterocycles. The van der Waals surface area contributed by atoms with Gasteiger partial charge in [-0.1, -0.05) is 65.8 Å². The number of Topliss-reactive ketones (excluding diaryl/α,β-unsaturated/α-hetero) is 2. The van der Waals surface area contributed by atoms with Crippen LogP contribution in [0.5, 0.6) is 23.0 Å². The second-order valence-electron chi connectivity index (χ2n) is 20.1. The molecule has 2 aliphatic carbocycles. The summed E-state index contributed by atoms with van der Waals surface area (Å²) in [4.78, 5) is 33.9. The predicted octanol–water partition coefficient (Wildman–Crippen LogP) is 8.58. The minimum atomic E-state index is -3.36. The Morgan fingerprint density at radius 2 is 1.05 bits per heavy atom. The number of hydrogen-bond donors (Lipinski definition) is 4. The molecule has 13 heteroatoms. The minimum absolute atomic E-state index is 0.0261. The van der Waals surface area contributed by atoms with E-state index in [-0.39, 0.29) is 48.9 Å². The Morgan fingerprint density at radius 3 is 1.45 bits per heavy atom. The lowest BCUT2D eigenvalue weighted by atomic mass is 9.87. The van der Waals surface area contributed by atoms with Gasteiger partial charge in [-0.05, 0) is 108 Å². The average Bonchev–Trinajstić information content (AvgIpc) is 3.91. The van der Waals surface area contributed by atoms with E-state index in [0.29, 0.717) is 24.5 Å². The predicted molar refractivity (Wildman–Crippen MR) is 248 cm³/mol. The Labute approximate surface area is 374 Å². The maximum absolute atomic E-state index is 13.5. The van der Waals surface area contributed by atoms with Crippen molar-refractivity contribution in [3.8, 4) is 23.0 Å². The van der Waals surface area contributed by atoms with Gasteiger partial charge >= 0.3 is 0 Å². The van der Waals surface area contributed by atoms with Crippen LogP contribution in [0.2, 0.25) is 0 Å². The fraction of sp³-hybridized carbons (Fsp3) is 0.412. The standard InChI is InChI=1S/C26H30N2O5S.C25H28N2O3/c1-25(2,3)22-12-17-9-16(10-18(24(17)28-22)14-27-34(4,30)31)11-23(29)26(7-8-26)19-5-6-20-21(13-19)33-15-32-20;1-24(2,3)21-11-16-8-15(9-17(13-26)23(16)27-21)10-22(28)25(6-7-25)18-4-5-19-20(12-18)30-14-29-19/h5-6,9-10,12-13,27-28H,7-8,11,14-15H2,1-4H3;4-5,8-9,11-12,27H,6-7,10,13-14,26H2,1-3H3. The number of sulfonamides is 1. The molecule has 6 aromatic rings. The number of carbonyl (C=O) groups is 2. The zero-order chi connectivity index (χ0) is 45.4. The largest absolute Gasteiger partial charge is 0.454 e. The van der Waals surface area contributed by atoms with Crippen molar-refractivity contribution in [2.45, 2.75) is 115 Å². The van der Waals surface area contributed by atoms with Gasteiger partial charge in [-0.2, -0.15) is 0 Å². The molecule has 4 aromatic carbocycles. The Kier molecular flexibility index (Phi) is 10.8. The summed E-state index contributed by atoms with van der Waals surface area (Å²) in [5, 5.41) is 2.10. The normalized spacial score (nSPS) is 16.8. The molecule has 0 radical (unpaired) electrons. The first-order valence-corrected chi connectivity index (χ1v) is 24.0. The number of rotatable bonds is 12. The molecule has 2 aliphatic heterocycles. The lowest BCUT2D eigenvalue weighted by Gasteiger charge is -2.16. The Balaban J connectivity index is 0.000000163. The van der Waals surface area contributed by atoms with Crippen LogP contribution in [0.4, 0.5) is 0 Å². The first-order chi connectivity index (χ1) is 30.2. The van der Waals surface area contributed by atoms with Gasteiger partial charge in [0.2, 0.25) is 23.6 Å². The molecular weight excluding hydrogens is 829 g/mol. The molecule has 5 N–H and O–H groups in total. The van der Waals surface area contributed by atoms with Gasteiger partial charge < -0.3 is 34.6 Å². The van der Waals surface area contributed by atoms with E-state index in [1.165, 1.54) is 5.69 Å². The monoisotopic (exact) mass is 886 g/mol. The number of nitrogens with two attached hydrogens (primary N) is 1. The summed E-state index contributed by atoms with van der Waals surface area (Å²) in [5.41, 5.74) is 15.1. The minimum Gasteiger partial charge on any atom is -0.454 e. The van der Waals surface area contributed by atoms with Gasteiger partial charge in [0.1, 0.15) is 11.6 Å². The molecule has 4 heterocycles. The van der Waals surface area contributed by atoms with Crippen LogP contribution in [-0.4, -0.2) is 49.8 Å². The highest BCUT2D eigenvalue weighted by Crippen LogP contribution is 2.53. The van der Waals surface area contributed by atoms with Crippen molar-refractivity contribution in [3.63, 3.8) is 0 Å². The van der Waals surface area contributed by atoms with E-state index in [2.05, 4.69) is 80.5 Å². The number of fused-ring (bicyclic) bond motifs is 4. The van der Waals surface area contributed by atoms with Gasteiger partial charge in [-0.25, -0.2) is 13.1 Å². The highest BCUT2D eigenvalue weighted by molar-refractivity contribution is 7.88. The molecule has 4 aliphatic rings. The molecule has 2 fully saturated rings. The molecule has 12 nitrogen and oxygen atoms in total. The lowest BCUT2D eigenvalue weighted by Crippen LogP contribution is -2.23. The number of aromatic amines is 2. The van der Waals surface area contributed by atoms with Crippen molar-refractivity contribution >= 4 is 43.4 Å². The van der Waals surface area contributed by atoms with Crippen LogP contribution < -0.4 is 29.4 Å². The van der Waals surface area contributed by atoms with E-state index in [1.54, 1.807) is 0 Å². The topological polar surface area (TPSA) is 175 Å². The third kappa shape index (κ3) is 8.53. The molecule has 0 atom stereocenters. The third-order valence-electron chi connectivity index (χ3n) is 13.2. The number of aromatic nitrogens is 2. The maximum Gasteiger partial charge on any atom is 0.231 e. The zero-order valence-corrected chi connectivity index (χ0v) is 38.6. The molecule has 2 aromatic heterocycles. The number of carbonyl (C=O) groups excluding carboxylic acids is 2. The molecule has 336 valence electrons. The average molecular weight is 887 g/mol. The third-order valence-corrected chi connectivity index (χ3v) is 13.9. The molecule has 10 rings (SSSR count). The summed E-state index contributed by atoms with van der Waals surface area (Å²) in [7, 11) is -3.36. The molecule has 64 heavy (non-hydrogen) atoms. The fourth-order valence-electron chi connectivity index (χ4n) is 9.10. The first kappa shape index (κ1) is 43.6. The van der Waals surface area contributed by atoms with Crippen LogP contribution >= 0.6 is 0 Å². The molecular formula is C51H58N4O8S. The van der Waals surface area contributed by atoms with E-state index in [1.807, 2.05) is 48.5 Å². The van der Waals surface area contributed by atoms with Crippen LogP contribution in [-0.2, 0) is 67.2 Å². The number of nitrogens with one attached hydrogen (secondary N) is 3. The van der Waals surface area contributed by atoms with Crippen molar-refractivity contribution in [2.75, 3.05) is 19.8 Å². The zero-order valence-electron chi connectivity index (χ0n) is 37.8. The Bertz CT molecular complexity index is 2940. The molecule has 0 unspecified atom stereocenters. The number of H-pyrrole nitrogens is 2. The summed E-state index contributed by atoms with van der Waals surface area (Å²) in [6.45, 7) is 14.0. The second kappa shape index (κ2) is 15.8. The Morgan fingerprint density at radius 1 is 0.625 bits per heavy atom. The van der Waals surface area contributed by atoms with Crippen molar-refractivity contribution < 1.29 is 37.0 Å². The number of ketones is 2. The Hall–Kier alpha value is -5.63. The van der Waals surface area contributed by atoms with Crippen LogP contribution in [0, 0.1) is 0 Å². The molecule has 2 saturated carbocycles. The van der Waals surface area contributed by atoms with Crippen molar-refractivity contribution in [1.29, 1.82) is 0 Å². The fourth-order valence-corrected chi connectivity index (χ4v) is 9.52. The van der Waals surface area contributed by atoms with E-state index >= 15 is 0 Å².